The van der Waals surface area contributed by atoms with E-state index < -0.39 is 0 Å². The van der Waals surface area contributed by atoms with Crippen molar-refractivity contribution in [2.24, 2.45) is 7.05 Å². The summed E-state index contributed by atoms with van der Waals surface area (Å²) in [7, 11) is 1.79. The van der Waals surface area contributed by atoms with E-state index in [2.05, 4.69) is 10.3 Å². The van der Waals surface area contributed by atoms with Crippen LogP contribution in [0.4, 0.5) is 5.82 Å². The minimum Gasteiger partial charge on any atom is -0.344 e. The number of amides is 1. The van der Waals surface area contributed by atoms with Crippen LogP contribution in [0.25, 0.3) is 0 Å². The number of nitrogens with one attached hydrogen (secondary N) is 1. The van der Waals surface area contributed by atoms with Gasteiger partial charge in [0, 0.05) is 29.5 Å². The standard InChI is InChI=1S/C20H18ClN3O2/c1-13-11-16(12-18(25)23-17-5-3-4-10-22-17)24(2)19(13)20(26)14-6-8-15(21)9-7-14/h3-11H,12H2,1-2H3,(H,22,23,25). The highest BCUT2D eigenvalue weighted by Gasteiger charge is 2.19. The van der Waals surface area contributed by atoms with Crippen molar-refractivity contribution >= 4 is 29.1 Å². The van der Waals surface area contributed by atoms with E-state index in [4.69, 9.17) is 11.6 Å². The van der Waals surface area contributed by atoms with E-state index in [1.807, 2.05) is 13.0 Å². The normalized spacial score (nSPS) is 10.6. The van der Waals surface area contributed by atoms with Gasteiger partial charge in [-0.2, -0.15) is 0 Å². The Kier molecular flexibility index (Phi) is 5.19. The van der Waals surface area contributed by atoms with Crippen LogP contribution < -0.4 is 5.32 Å². The Bertz CT molecular complexity index is 947. The summed E-state index contributed by atoms with van der Waals surface area (Å²) in [5, 5.41) is 3.33. The van der Waals surface area contributed by atoms with Gasteiger partial charge in [0.05, 0.1) is 12.1 Å². The van der Waals surface area contributed by atoms with E-state index in [1.165, 1.54) is 0 Å². The van der Waals surface area contributed by atoms with Gasteiger partial charge in [-0.15, -0.1) is 0 Å². The Balaban J connectivity index is 1.80. The maximum absolute atomic E-state index is 12.8. The van der Waals surface area contributed by atoms with E-state index >= 15 is 0 Å². The van der Waals surface area contributed by atoms with Crippen molar-refractivity contribution in [1.29, 1.82) is 0 Å². The minimum absolute atomic E-state index is 0.0990. The summed E-state index contributed by atoms with van der Waals surface area (Å²) in [6.45, 7) is 1.86. The van der Waals surface area contributed by atoms with Gasteiger partial charge in [-0.1, -0.05) is 17.7 Å². The summed E-state index contributed by atoms with van der Waals surface area (Å²) in [6, 6.07) is 13.9. The van der Waals surface area contributed by atoms with Crippen molar-refractivity contribution in [2.45, 2.75) is 13.3 Å². The molecule has 3 aromatic rings. The minimum atomic E-state index is -0.185. The van der Waals surface area contributed by atoms with Crippen LogP contribution in [0.15, 0.2) is 54.7 Å². The molecular formula is C20H18ClN3O2. The van der Waals surface area contributed by atoms with E-state index in [1.54, 1.807) is 60.3 Å². The molecule has 0 radical (unpaired) electrons. The predicted molar refractivity (Wildman–Crippen MR) is 102 cm³/mol. The second kappa shape index (κ2) is 7.54. The molecular weight excluding hydrogens is 350 g/mol. The SMILES string of the molecule is Cc1cc(CC(=O)Nc2ccccn2)n(C)c1C(=O)c1ccc(Cl)cc1. The number of aryl methyl sites for hydroxylation is 1. The van der Waals surface area contributed by atoms with Crippen molar-refractivity contribution < 1.29 is 9.59 Å². The lowest BCUT2D eigenvalue weighted by Crippen LogP contribution is -2.18. The second-order valence-corrected chi connectivity index (χ2v) is 6.44. The molecule has 0 aliphatic heterocycles. The van der Waals surface area contributed by atoms with Gasteiger partial charge in [-0.3, -0.25) is 9.59 Å². The Hall–Kier alpha value is -2.92. The number of hydrogen-bond acceptors (Lipinski definition) is 3. The Morgan fingerprint density at radius 1 is 1.15 bits per heavy atom. The van der Waals surface area contributed by atoms with E-state index in [9.17, 15) is 9.59 Å². The van der Waals surface area contributed by atoms with Crippen LogP contribution in [-0.4, -0.2) is 21.2 Å². The summed E-state index contributed by atoms with van der Waals surface area (Å²) < 4.78 is 1.77. The van der Waals surface area contributed by atoms with Gasteiger partial charge in [0.15, 0.2) is 0 Å². The number of carbonyl (C=O) groups is 2. The van der Waals surface area contributed by atoms with Crippen LogP contribution in [0.2, 0.25) is 5.02 Å². The predicted octanol–water partition coefficient (Wildman–Crippen LogP) is 3.79. The smallest absolute Gasteiger partial charge is 0.231 e. The molecule has 0 aliphatic rings. The molecule has 0 unspecified atom stereocenters. The number of ketones is 1. The van der Waals surface area contributed by atoms with E-state index in [0.717, 1.165) is 11.3 Å². The van der Waals surface area contributed by atoms with Crippen molar-refractivity contribution in [1.82, 2.24) is 9.55 Å². The number of nitrogens with zero attached hydrogens (tertiary/aromatic N) is 2. The largest absolute Gasteiger partial charge is 0.344 e. The van der Waals surface area contributed by atoms with Crippen molar-refractivity contribution in [3.8, 4) is 0 Å². The third kappa shape index (κ3) is 3.83. The molecule has 1 aromatic carbocycles. The third-order valence-electron chi connectivity index (χ3n) is 4.12. The van der Waals surface area contributed by atoms with Gasteiger partial charge < -0.3 is 9.88 Å². The van der Waals surface area contributed by atoms with Crippen LogP contribution in [-0.2, 0) is 18.3 Å². The topological polar surface area (TPSA) is 64.0 Å². The maximum atomic E-state index is 12.8. The molecule has 3 rings (SSSR count). The van der Waals surface area contributed by atoms with E-state index in [0.29, 0.717) is 22.1 Å². The molecule has 0 spiro atoms. The fraction of sp³-hybridized carbons (Fsp3) is 0.150. The molecule has 1 N–H and O–H groups in total. The average Bonchev–Trinajstić information content (AvgIpc) is 2.89. The average molecular weight is 368 g/mol. The molecule has 0 aliphatic carbocycles. The zero-order valence-electron chi connectivity index (χ0n) is 14.5. The summed E-state index contributed by atoms with van der Waals surface area (Å²) in [5.74, 6) is 0.216. The molecule has 0 fully saturated rings. The number of rotatable bonds is 5. The van der Waals surface area contributed by atoms with Crippen molar-refractivity contribution in [3.63, 3.8) is 0 Å². The van der Waals surface area contributed by atoms with Gasteiger partial charge in [0.1, 0.15) is 5.82 Å². The Labute approximate surface area is 156 Å². The van der Waals surface area contributed by atoms with Gasteiger partial charge >= 0.3 is 0 Å². The summed E-state index contributed by atoms with van der Waals surface area (Å²) >= 11 is 5.89. The number of hydrogen-bond donors (Lipinski definition) is 1. The fourth-order valence-corrected chi connectivity index (χ4v) is 2.98. The number of anilines is 1. The Morgan fingerprint density at radius 3 is 2.54 bits per heavy atom. The molecule has 26 heavy (non-hydrogen) atoms. The number of benzene rings is 1. The van der Waals surface area contributed by atoms with Gasteiger partial charge in [0.2, 0.25) is 11.7 Å². The van der Waals surface area contributed by atoms with Crippen molar-refractivity contribution in [2.75, 3.05) is 5.32 Å². The first-order valence-corrected chi connectivity index (χ1v) is 8.50. The van der Waals surface area contributed by atoms with Crippen LogP contribution in [0.3, 0.4) is 0 Å². The molecule has 2 aromatic heterocycles. The number of aromatic nitrogens is 2. The highest BCUT2D eigenvalue weighted by atomic mass is 35.5. The lowest BCUT2D eigenvalue weighted by molar-refractivity contribution is -0.115. The molecule has 132 valence electrons. The highest BCUT2D eigenvalue weighted by molar-refractivity contribution is 6.30. The molecule has 0 bridgehead atoms. The monoisotopic (exact) mass is 367 g/mol. The zero-order chi connectivity index (χ0) is 18.7. The zero-order valence-corrected chi connectivity index (χ0v) is 15.2. The van der Waals surface area contributed by atoms with Crippen molar-refractivity contribution in [3.05, 3.63) is 82.3 Å². The molecule has 0 saturated carbocycles. The third-order valence-corrected chi connectivity index (χ3v) is 4.37. The molecule has 2 heterocycles. The van der Waals surface area contributed by atoms with Crippen LogP contribution in [0, 0.1) is 6.92 Å². The summed E-state index contributed by atoms with van der Waals surface area (Å²) in [4.78, 5) is 29.2. The lowest BCUT2D eigenvalue weighted by Gasteiger charge is -2.09. The summed E-state index contributed by atoms with van der Waals surface area (Å²) in [5.41, 5.74) is 2.71. The van der Waals surface area contributed by atoms with Gasteiger partial charge in [-0.05, 0) is 55.0 Å². The lowest BCUT2D eigenvalue weighted by atomic mass is 10.1. The fourth-order valence-electron chi connectivity index (χ4n) is 2.85. The van der Waals surface area contributed by atoms with Crippen LogP contribution in [0.1, 0.15) is 27.3 Å². The first kappa shape index (κ1) is 17.9. The molecule has 0 atom stereocenters. The quantitative estimate of drug-likeness (QED) is 0.698. The van der Waals surface area contributed by atoms with E-state index in [-0.39, 0.29) is 18.1 Å². The van der Waals surface area contributed by atoms with Crippen LogP contribution in [0.5, 0.6) is 0 Å². The number of pyridine rings is 1. The maximum Gasteiger partial charge on any atom is 0.231 e. The summed E-state index contributed by atoms with van der Waals surface area (Å²) in [6.07, 6.45) is 1.77. The molecule has 6 heteroatoms. The second-order valence-electron chi connectivity index (χ2n) is 6.00. The molecule has 0 saturated heterocycles. The number of carbonyl (C=O) groups excluding carboxylic acids is 2. The molecule has 5 nitrogen and oxygen atoms in total. The first-order chi connectivity index (χ1) is 12.5. The number of halogens is 1. The van der Waals surface area contributed by atoms with Gasteiger partial charge in [-0.25, -0.2) is 4.98 Å². The Morgan fingerprint density at radius 2 is 1.88 bits per heavy atom. The first-order valence-electron chi connectivity index (χ1n) is 8.12. The highest BCUT2D eigenvalue weighted by Crippen LogP contribution is 2.20. The van der Waals surface area contributed by atoms with Crippen LogP contribution >= 0.6 is 11.6 Å². The molecule has 1 amide bonds. The van der Waals surface area contributed by atoms with Gasteiger partial charge in [0.25, 0.3) is 0 Å².